The molecule has 0 aliphatic carbocycles. The first-order valence-electron chi connectivity index (χ1n) is 9.28. The molecule has 0 spiro atoms. The Labute approximate surface area is 150 Å². The normalized spacial score (nSPS) is 24.3. The number of fused-ring (bicyclic) bond motifs is 1. The molecule has 0 unspecified atom stereocenters. The molecule has 134 valence electrons. The van der Waals surface area contributed by atoms with Crippen LogP contribution in [0.3, 0.4) is 0 Å². The highest BCUT2D eigenvalue weighted by Gasteiger charge is 2.52. The maximum Gasteiger partial charge on any atom is 0.495 e. The molecule has 0 atom stereocenters. The zero-order chi connectivity index (χ0) is 17.8. The van der Waals surface area contributed by atoms with Crippen LogP contribution in [-0.4, -0.2) is 53.3 Å². The minimum Gasteiger partial charge on any atom is -0.399 e. The Hall–Kier alpha value is -1.37. The summed E-state index contributed by atoms with van der Waals surface area (Å²) in [6, 6.07) is 4.29. The topological polar surface area (TPSA) is 50.4 Å². The third kappa shape index (κ3) is 2.90. The SMILES string of the molecule is CN1CCC(c2cc3c(B4OC(C)(C)C(C)(C)O4)ccnc3[nH]2)CC1. The number of aromatic amines is 1. The predicted octanol–water partition coefficient (Wildman–Crippen LogP) is 2.67. The van der Waals surface area contributed by atoms with Gasteiger partial charge in [0.1, 0.15) is 5.65 Å². The summed E-state index contributed by atoms with van der Waals surface area (Å²) in [4.78, 5) is 10.5. The van der Waals surface area contributed by atoms with Crippen LogP contribution in [0.4, 0.5) is 0 Å². The lowest BCUT2D eigenvalue weighted by Crippen LogP contribution is -2.41. The number of H-pyrrole nitrogens is 1. The number of hydrogen-bond acceptors (Lipinski definition) is 4. The molecule has 2 aliphatic heterocycles. The first-order valence-corrected chi connectivity index (χ1v) is 9.28. The Bertz CT molecular complexity index is 762. The van der Waals surface area contributed by atoms with Gasteiger partial charge >= 0.3 is 7.12 Å². The van der Waals surface area contributed by atoms with E-state index >= 15 is 0 Å². The van der Waals surface area contributed by atoms with E-state index in [-0.39, 0.29) is 18.3 Å². The minimum atomic E-state index is -0.350. The van der Waals surface area contributed by atoms with Crippen LogP contribution in [0.15, 0.2) is 18.3 Å². The van der Waals surface area contributed by atoms with Crippen LogP contribution < -0.4 is 5.46 Å². The van der Waals surface area contributed by atoms with Crippen molar-refractivity contribution in [2.45, 2.75) is 57.7 Å². The molecule has 4 rings (SSSR count). The third-order valence-electron chi connectivity index (χ3n) is 6.25. The van der Waals surface area contributed by atoms with Crippen molar-refractivity contribution in [2.75, 3.05) is 20.1 Å². The first-order chi connectivity index (χ1) is 11.8. The van der Waals surface area contributed by atoms with Crippen LogP contribution in [0.25, 0.3) is 11.0 Å². The Morgan fingerprint density at radius 1 is 1.16 bits per heavy atom. The third-order valence-corrected chi connectivity index (χ3v) is 6.25. The molecule has 2 aromatic rings. The Morgan fingerprint density at radius 3 is 2.44 bits per heavy atom. The van der Waals surface area contributed by atoms with Crippen LogP contribution in [0.1, 0.15) is 52.1 Å². The number of rotatable bonds is 2. The molecule has 0 aromatic carbocycles. The summed E-state index contributed by atoms with van der Waals surface area (Å²) in [6.07, 6.45) is 4.22. The highest BCUT2D eigenvalue weighted by molar-refractivity contribution is 6.65. The Morgan fingerprint density at radius 2 is 1.80 bits per heavy atom. The lowest BCUT2D eigenvalue weighted by atomic mass is 9.77. The van der Waals surface area contributed by atoms with E-state index in [0.717, 1.165) is 29.6 Å². The van der Waals surface area contributed by atoms with E-state index in [9.17, 15) is 0 Å². The van der Waals surface area contributed by atoms with E-state index in [4.69, 9.17) is 9.31 Å². The van der Waals surface area contributed by atoms with Gasteiger partial charge in [-0.15, -0.1) is 0 Å². The van der Waals surface area contributed by atoms with Crippen molar-refractivity contribution in [3.63, 3.8) is 0 Å². The van der Waals surface area contributed by atoms with E-state index in [1.807, 2.05) is 12.3 Å². The molecule has 2 aromatic heterocycles. The molecule has 25 heavy (non-hydrogen) atoms. The fourth-order valence-corrected chi connectivity index (χ4v) is 3.78. The van der Waals surface area contributed by atoms with Crippen LogP contribution >= 0.6 is 0 Å². The summed E-state index contributed by atoms with van der Waals surface area (Å²) < 4.78 is 12.5. The van der Waals surface area contributed by atoms with Crippen molar-refractivity contribution in [1.82, 2.24) is 14.9 Å². The molecular formula is C19H28BN3O2. The average Bonchev–Trinajstić information content (AvgIpc) is 3.06. The fraction of sp³-hybridized carbons (Fsp3) is 0.632. The maximum atomic E-state index is 6.26. The molecule has 5 nitrogen and oxygen atoms in total. The second-order valence-corrected chi connectivity index (χ2v) is 8.55. The van der Waals surface area contributed by atoms with Crippen molar-refractivity contribution < 1.29 is 9.31 Å². The van der Waals surface area contributed by atoms with Gasteiger partial charge in [0.2, 0.25) is 0 Å². The van der Waals surface area contributed by atoms with Gasteiger partial charge in [-0.1, -0.05) is 0 Å². The van der Waals surface area contributed by atoms with Gasteiger partial charge in [-0.05, 0) is 78.3 Å². The summed E-state index contributed by atoms with van der Waals surface area (Å²) in [6.45, 7) is 10.7. The molecule has 2 aliphatic rings. The number of hydrogen-bond donors (Lipinski definition) is 1. The van der Waals surface area contributed by atoms with Gasteiger partial charge in [0, 0.05) is 23.2 Å². The van der Waals surface area contributed by atoms with Gasteiger partial charge in [-0.25, -0.2) is 4.98 Å². The molecule has 0 saturated carbocycles. The Kier molecular flexibility index (Phi) is 3.98. The Balaban J connectivity index is 1.67. The number of piperidine rings is 1. The van der Waals surface area contributed by atoms with Crippen LogP contribution in [0, 0.1) is 0 Å². The quantitative estimate of drug-likeness (QED) is 0.854. The zero-order valence-electron chi connectivity index (χ0n) is 15.9. The summed E-state index contributed by atoms with van der Waals surface area (Å²) in [5, 5.41) is 1.12. The van der Waals surface area contributed by atoms with Crippen molar-refractivity contribution in [2.24, 2.45) is 0 Å². The number of likely N-dealkylation sites (tertiary alicyclic amines) is 1. The molecule has 2 saturated heterocycles. The van der Waals surface area contributed by atoms with Crippen molar-refractivity contribution >= 4 is 23.6 Å². The summed E-state index contributed by atoms with van der Waals surface area (Å²) in [7, 11) is 1.84. The first kappa shape index (κ1) is 17.1. The van der Waals surface area contributed by atoms with E-state index in [1.54, 1.807) is 0 Å². The summed E-state index contributed by atoms with van der Waals surface area (Å²) in [5.74, 6) is 0.580. The molecule has 0 bridgehead atoms. The number of nitrogens with one attached hydrogen (secondary N) is 1. The fourth-order valence-electron chi connectivity index (χ4n) is 3.78. The van der Waals surface area contributed by atoms with Crippen molar-refractivity contribution in [3.8, 4) is 0 Å². The number of pyridine rings is 1. The molecule has 4 heterocycles. The van der Waals surface area contributed by atoms with Gasteiger partial charge in [0.25, 0.3) is 0 Å². The zero-order valence-corrected chi connectivity index (χ0v) is 15.9. The van der Waals surface area contributed by atoms with E-state index < -0.39 is 0 Å². The van der Waals surface area contributed by atoms with E-state index in [2.05, 4.69) is 55.7 Å². The number of aromatic nitrogens is 2. The monoisotopic (exact) mass is 341 g/mol. The average molecular weight is 341 g/mol. The summed E-state index contributed by atoms with van der Waals surface area (Å²) in [5.41, 5.74) is 2.63. The second kappa shape index (κ2) is 5.83. The lowest BCUT2D eigenvalue weighted by molar-refractivity contribution is 0.00578. The molecule has 2 fully saturated rings. The molecular weight excluding hydrogens is 313 g/mol. The second-order valence-electron chi connectivity index (χ2n) is 8.55. The van der Waals surface area contributed by atoms with Gasteiger partial charge < -0.3 is 19.2 Å². The van der Waals surface area contributed by atoms with Crippen LogP contribution in [0.2, 0.25) is 0 Å². The minimum absolute atomic E-state index is 0.333. The standard InChI is InChI=1S/C19H28BN3O2/c1-18(2)19(3,4)25-20(24-18)15-6-9-21-17-14(15)12-16(22-17)13-7-10-23(5)11-8-13/h6,9,12-13H,7-8,10-11H2,1-5H3,(H,21,22). The van der Waals surface area contributed by atoms with Gasteiger partial charge in [0.15, 0.2) is 0 Å². The lowest BCUT2D eigenvalue weighted by Gasteiger charge is -2.32. The van der Waals surface area contributed by atoms with Crippen molar-refractivity contribution in [3.05, 3.63) is 24.0 Å². The van der Waals surface area contributed by atoms with Gasteiger partial charge in [-0.2, -0.15) is 0 Å². The number of nitrogens with zero attached hydrogens (tertiary/aromatic N) is 2. The predicted molar refractivity (Wildman–Crippen MR) is 101 cm³/mol. The smallest absolute Gasteiger partial charge is 0.399 e. The maximum absolute atomic E-state index is 6.26. The molecule has 0 radical (unpaired) electrons. The largest absolute Gasteiger partial charge is 0.495 e. The highest BCUT2D eigenvalue weighted by atomic mass is 16.7. The van der Waals surface area contributed by atoms with E-state index in [1.165, 1.54) is 18.5 Å². The van der Waals surface area contributed by atoms with Crippen LogP contribution in [-0.2, 0) is 9.31 Å². The van der Waals surface area contributed by atoms with Gasteiger partial charge in [0.05, 0.1) is 11.2 Å². The summed E-state index contributed by atoms with van der Waals surface area (Å²) >= 11 is 0. The molecule has 6 heteroatoms. The van der Waals surface area contributed by atoms with Crippen LogP contribution in [0.5, 0.6) is 0 Å². The van der Waals surface area contributed by atoms with Gasteiger partial charge in [-0.3, -0.25) is 0 Å². The highest BCUT2D eigenvalue weighted by Crippen LogP contribution is 2.37. The van der Waals surface area contributed by atoms with E-state index in [0.29, 0.717) is 5.92 Å². The molecule has 1 N–H and O–H groups in total. The van der Waals surface area contributed by atoms with Crippen molar-refractivity contribution in [1.29, 1.82) is 0 Å². The molecule has 0 amide bonds.